The van der Waals surface area contributed by atoms with E-state index in [1.54, 1.807) is 19.1 Å². The van der Waals surface area contributed by atoms with Crippen LogP contribution in [0.4, 0.5) is 0 Å². The molecule has 0 radical (unpaired) electrons. The van der Waals surface area contributed by atoms with E-state index in [2.05, 4.69) is 0 Å². The summed E-state index contributed by atoms with van der Waals surface area (Å²) in [5.74, 6) is 1.79. The Kier molecular flexibility index (Phi) is 6.69. The molecule has 7 nitrogen and oxygen atoms in total. The summed E-state index contributed by atoms with van der Waals surface area (Å²) in [6.07, 6.45) is 1.46. The first kappa shape index (κ1) is 18.4. The quantitative estimate of drug-likeness (QED) is 0.800. The van der Waals surface area contributed by atoms with Crippen LogP contribution in [0.3, 0.4) is 0 Å². The number of hydrogen-bond donors (Lipinski definition) is 1. The van der Waals surface area contributed by atoms with Gasteiger partial charge in [0.25, 0.3) is 0 Å². The minimum Gasteiger partial charge on any atom is -0.493 e. The van der Waals surface area contributed by atoms with Crippen molar-refractivity contribution in [2.75, 3.05) is 41.0 Å². The first-order valence-corrected chi connectivity index (χ1v) is 8.01. The molecule has 1 saturated heterocycles. The largest absolute Gasteiger partial charge is 0.493 e. The van der Waals surface area contributed by atoms with E-state index in [0.29, 0.717) is 30.3 Å². The molecule has 1 fully saturated rings. The number of carbonyl (C=O) groups excluding carboxylic acids is 1. The summed E-state index contributed by atoms with van der Waals surface area (Å²) in [5, 5.41) is 0. The number of hydrogen-bond acceptors (Lipinski definition) is 6. The number of likely N-dealkylation sites (tertiary alicyclic amines) is 1. The molecule has 0 saturated carbocycles. The number of nitrogens with zero attached hydrogens (tertiary/aromatic N) is 1. The molecule has 2 rings (SSSR count). The number of amides is 1. The lowest BCUT2D eigenvalue weighted by molar-refractivity contribution is -0.135. The summed E-state index contributed by atoms with van der Waals surface area (Å²) in [5.41, 5.74) is 5.81. The van der Waals surface area contributed by atoms with Crippen molar-refractivity contribution in [3.8, 4) is 17.2 Å². The second kappa shape index (κ2) is 8.75. The lowest BCUT2D eigenvalue weighted by Crippen LogP contribution is -2.50. The number of ether oxygens (including phenoxy) is 4. The lowest BCUT2D eigenvalue weighted by atomic mass is 10.1. The van der Waals surface area contributed by atoms with Crippen LogP contribution >= 0.6 is 0 Å². The van der Waals surface area contributed by atoms with E-state index in [1.165, 1.54) is 7.11 Å². The van der Waals surface area contributed by atoms with E-state index in [4.69, 9.17) is 24.7 Å². The van der Waals surface area contributed by atoms with Crippen molar-refractivity contribution in [1.82, 2.24) is 4.90 Å². The Balaban J connectivity index is 1.95. The van der Waals surface area contributed by atoms with Crippen LogP contribution in [0, 0.1) is 0 Å². The van der Waals surface area contributed by atoms with Gasteiger partial charge in [0.1, 0.15) is 12.1 Å². The van der Waals surface area contributed by atoms with Gasteiger partial charge in [0, 0.05) is 33.0 Å². The summed E-state index contributed by atoms with van der Waals surface area (Å²) in [6.45, 7) is 1.45. The summed E-state index contributed by atoms with van der Waals surface area (Å²) >= 11 is 0. The molecule has 0 spiro atoms. The van der Waals surface area contributed by atoms with Crippen LogP contribution in [0.25, 0.3) is 0 Å². The molecule has 1 heterocycles. The van der Waals surface area contributed by atoms with Crippen molar-refractivity contribution in [3.63, 3.8) is 0 Å². The van der Waals surface area contributed by atoms with E-state index in [9.17, 15) is 4.79 Å². The van der Waals surface area contributed by atoms with Crippen molar-refractivity contribution in [2.24, 2.45) is 5.73 Å². The topological polar surface area (TPSA) is 83.3 Å². The maximum atomic E-state index is 12.2. The van der Waals surface area contributed by atoms with Gasteiger partial charge in [0.15, 0.2) is 11.5 Å². The third kappa shape index (κ3) is 4.30. The number of para-hydroxylation sites is 1. The number of benzene rings is 1. The molecule has 0 bridgehead atoms. The lowest BCUT2D eigenvalue weighted by Gasteiger charge is -2.33. The third-order valence-corrected chi connectivity index (χ3v) is 4.08. The molecule has 1 aliphatic heterocycles. The predicted octanol–water partition coefficient (Wildman–Crippen LogP) is 1.05. The smallest absolute Gasteiger partial charge is 0.241 e. The number of methoxy groups -OCH3 is 3. The maximum Gasteiger partial charge on any atom is 0.241 e. The van der Waals surface area contributed by atoms with Crippen LogP contribution in [-0.2, 0) is 9.53 Å². The zero-order chi connectivity index (χ0) is 17.5. The van der Waals surface area contributed by atoms with Crippen LogP contribution in [0.5, 0.6) is 17.2 Å². The molecule has 24 heavy (non-hydrogen) atoms. The molecular formula is C17H26N2O5. The van der Waals surface area contributed by atoms with Crippen LogP contribution in [0.2, 0.25) is 0 Å². The van der Waals surface area contributed by atoms with Gasteiger partial charge in [-0.2, -0.15) is 0 Å². The standard InChI is InChI=1S/C17H26N2O5/c1-21-11-13(18)17(20)19-9-7-12(8-10-19)24-16-14(22-2)5-4-6-15(16)23-3/h4-6,12-13H,7-11,18H2,1-3H3. The fraction of sp³-hybridized carbons (Fsp3) is 0.588. The van der Waals surface area contributed by atoms with Crippen molar-refractivity contribution >= 4 is 5.91 Å². The fourth-order valence-electron chi connectivity index (χ4n) is 2.78. The van der Waals surface area contributed by atoms with Gasteiger partial charge < -0.3 is 29.6 Å². The van der Waals surface area contributed by atoms with Gasteiger partial charge in [-0.25, -0.2) is 0 Å². The average molecular weight is 338 g/mol. The van der Waals surface area contributed by atoms with Crippen LogP contribution in [0.1, 0.15) is 12.8 Å². The Morgan fingerprint density at radius 3 is 2.29 bits per heavy atom. The van der Waals surface area contributed by atoms with Gasteiger partial charge in [-0.1, -0.05) is 6.07 Å². The molecule has 1 aromatic carbocycles. The van der Waals surface area contributed by atoms with E-state index < -0.39 is 6.04 Å². The second-order valence-electron chi connectivity index (χ2n) is 5.70. The molecule has 7 heteroatoms. The molecule has 0 aromatic heterocycles. The minimum absolute atomic E-state index is 0.00194. The second-order valence-corrected chi connectivity index (χ2v) is 5.70. The van der Waals surface area contributed by atoms with E-state index >= 15 is 0 Å². The van der Waals surface area contributed by atoms with Crippen LogP contribution in [-0.4, -0.2) is 64.0 Å². The number of carbonyl (C=O) groups is 1. The van der Waals surface area contributed by atoms with E-state index in [1.807, 2.05) is 18.2 Å². The third-order valence-electron chi connectivity index (χ3n) is 4.08. The Morgan fingerprint density at radius 1 is 1.21 bits per heavy atom. The molecule has 0 aliphatic carbocycles. The van der Waals surface area contributed by atoms with Crippen molar-refractivity contribution in [1.29, 1.82) is 0 Å². The Hall–Kier alpha value is -1.99. The molecule has 1 aromatic rings. The monoisotopic (exact) mass is 338 g/mol. The summed E-state index contributed by atoms with van der Waals surface area (Å²) < 4.78 is 21.7. The van der Waals surface area contributed by atoms with Gasteiger partial charge in [-0.05, 0) is 12.1 Å². The highest BCUT2D eigenvalue weighted by molar-refractivity contribution is 5.81. The van der Waals surface area contributed by atoms with Gasteiger partial charge in [-0.3, -0.25) is 4.79 Å². The Morgan fingerprint density at radius 2 is 1.79 bits per heavy atom. The fourth-order valence-corrected chi connectivity index (χ4v) is 2.78. The predicted molar refractivity (Wildman–Crippen MR) is 89.6 cm³/mol. The van der Waals surface area contributed by atoms with Crippen molar-refractivity contribution in [3.05, 3.63) is 18.2 Å². The van der Waals surface area contributed by atoms with Gasteiger partial charge in [0.2, 0.25) is 11.7 Å². The number of piperidine rings is 1. The van der Waals surface area contributed by atoms with Crippen molar-refractivity contribution in [2.45, 2.75) is 25.0 Å². The highest BCUT2D eigenvalue weighted by atomic mass is 16.5. The Bertz CT molecular complexity index is 522. The number of rotatable bonds is 7. The summed E-state index contributed by atoms with van der Waals surface area (Å²) in [6, 6.07) is 4.91. The SMILES string of the molecule is COCC(N)C(=O)N1CCC(Oc2c(OC)cccc2OC)CC1. The van der Waals surface area contributed by atoms with Gasteiger partial charge >= 0.3 is 0 Å². The minimum atomic E-state index is -0.609. The average Bonchev–Trinajstić information content (AvgIpc) is 2.62. The first-order valence-electron chi connectivity index (χ1n) is 8.01. The highest BCUT2D eigenvalue weighted by Gasteiger charge is 2.28. The van der Waals surface area contributed by atoms with E-state index in [-0.39, 0.29) is 18.6 Å². The highest BCUT2D eigenvalue weighted by Crippen LogP contribution is 2.38. The molecule has 134 valence electrons. The molecule has 2 N–H and O–H groups in total. The maximum absolute atomic E-state index is 12.2. The molecule has 1 unspecified atom stereocenters. The normalized spacial score (nSPS) is 16.6. The van der Waals surface area contributed by atoms with Gasteiger partial charge in [0.05, 0.1) is 20.8 Å². The van der Waals surface area contributed by atoms with Gasteiger partial charge in [-0.15, -0.1) is 0 Å². The zero-order valence-electron chi connectivity index (χ0n) is 14.5. The Labute approximate surface area is 142 Å². The van der Waals surface area contributed by atoms with Crippen LogP contribution in [0.15, 0.2) is 18.2 Å². The number of nitrogens with two attached hydrogens (primary N) is 1. The van der Waals surface area contributed by atoms with E-state index in [0.717, 1.165) is 12.8 Å². The summed E-state index contributed by atoms with van der Waals surface area (Å²) in [4.78, 5) is 14.0. The summed E-state index contributed by atoms with van der Waals surface area (Å²) in [7, 11) is 4.73. The molecule has 1 aliphatic rings. The molecular weight excluding hydrogens is 312 g/mol. The first-order chi connectivity index (χ1) is 11.6. The zero-order valence-corrected chi connectivity index (χ0v) is 14.5. The van der Waals surface area contributed by atoms with Crippen LogP contribution < -0.4 is 19.9 Å². The van der Waals surface area contributed by atoms with Crippen molar-refractivity contribution < 1.29 is 23.7 Å². The molecule has 1 amide bonds. The molecule has 1 atom stereocenters.